The van der Waals surface area contributed by atoms with E-state index in [1.54, 1.807) is 4.90 Å². The molecule has 1 aromatic carbocycles. The molecule has 0 aliphatic carbocycles. The highest BCUT2D eigenvalue weighted by atomic mass is 19.4. The number of nitrogens with one attached hydrogen (secondary N) is 3. The fourth-order valence-electron chi connectivity index (χ4n) is 3.54. The number of carbonyl (C=O) groups is 2. The van der Waals surface area contributed by atoms with Crippen molar-refractivity contribution in [2.24, 2.45) is 5.92 Å². The summed E-state index contributed by atoms with van der Waals surface area (Å²) in [4.78, 5) is 26.2. The van der Waals surface area contributed by atoms with Crippen LogP contribution in [0.2, 0.25) is 0 Å². The third kappa shape index (κ3) is 5.20. The van der Waals surface area contributed by atoms with Crippen molar-refractivity contribution in [1.82, 2.24) is 21.1 Å². The van der Waals surface area contributed by atoms with Gasteiger partial charge >= 0.3 is 6.18 Å². The van der Waals surface area contributed by atoms with E-state index in [4.69, 9.17) is 0 Å². The fraction of sp³-hybridized carbons (Fsp3) is 0.556. The van der Waals surface area contributed by atoms with Gasteiger partial charge in [-0.2, -0.15) is 13.2 Å². The third-order valence-corrected chi connectivity index (χ3v) is 5.04. The number of likely N-dealkylation sites (tertiary alicyclic amines) is 1. The summed E-state index contributed by atoms with van der Waals surface area (Å²) < 4.78 is 36.6. The zero-order valence-corrected chi connectivity index (χ0v) is 14.8. The van der Waals surface area contributed by atoms with Crippen molar-refractivity contribution in [3.63, 3.8) is 0 Å². The quantitative estimate of drug-likeness (QED) is 0.736. The molecule has 3 rings (SSSR count). The Morgan fingerprint density at radius 2 is 1.78 bits per heavy atom. The molecule has 0 spiro atoms. The predicted octanol–water partition coefficient (Wildman–Crippen LogP) is 1.51. The largest absolute Gasteiger partial charge is 0.405 e. The number of carbonyl (C=O) groups excluding carboxylic acids is 2. The Bertz CT molecular complexity index is 660. The van der Waals surface area contributed by atoms with Crippen LogP contribution in [0.5, 0.6) is 0 Å². The van der Waals surface area contributed by atoms with Gasteiger partial charge in [-0.3, -0.25) is 9.59 Å². The predicted molar refractivity (Wildman–Crippen MR) is 92.2 cm³/mol. The zero-order valence-electron chi connectivity index (χ0n) is 14.8. The van der Waals surface area contributed by atoms with Crippen LogP contribution in [-0.2, 0) is 9.59 Å². The molecule has 0 aromatic heterocycles. The molecule has 1 aromatic rings. The minimum Gasteiger partial charge on any atom is -0.347 e. The molecule has 6 nitrogen and oxygen atoms in total. The van der Waals surface area contributed by atoms with Gasteiger partial charge in [-0.25, -0.2) is 10.9 Å². The lowest BCUT2D eigenvalue weighted by molar-refractivity contribution is -0.143. The van der Waals surface area contributed by atoms with E-state index in [-0.39, 0.29) is 18.0 Å². The van der Waals surface area contributed by atoms with Gasteiger partial charge < -0.3 is 10.2 Å². The molecular weight excluding hydrogens is 361 g/mol. The minimum atomic E-state index is -4.41. The number of hydrazine groups is 1. The third-order valence-electron chi connectivity index (χ3n) is 5.04. The molecule has 148 valence electrons. The van der Waals surface area contributed by atoms with Crippen LogP contribution in [0.1, 0.15) is 30.9 Å². The van der Waals surface area contributed by atoms with E-state index in [0.717, 1.165) is 5.56 Å². The van der Waals surface area contributed by atoms with Crippen molar-refractivity contribution in [1.29, 1.82) is 0 Å². The van der Waals surface area contributed by atoms with Gasteiger partial charge in [0, 0.05) is 25.0 Å². The Morgan fingerprint density at radius 3 is 2.41 bits per heavy atom. The minimum absolute atomic E-state index is 0.0462. The monoisotopic (exact) mass is 384 g/mol. The first-order valence-corrected chi connectivity index (χ1v) is 9.03. The number of hydrogen-bond acceptors (Lipinski definition) is 4. The van der Waals surface area contributed by atoms with Crippen LogP contribution in [0.15, 0.2) is 30.3 Å². The lowest BCUT2D eigenvalue weighted by Gasteiger charge is -2.32. The Hall–Kier alpha value is -2.13. The molecule has 0 bridgehead atoms. The van der Waals surface area contributed by atoms with Crippen LogP contribution < -0.4 is 16.2 Å². The molecular formula is C18H23F3N4O2. The molecule has 2 saturated heterocycles. The van der Waals surface area contributed by atoms with Gasteiger partial charge in [0.25, 0.3) is 0 Å². The van der Waals surface area contributed by atoms with Gasteiger partial charge in [0.15, 0.2) is 0 Å². The Kier molecular flexibility index (Phi) is 6.01. The Labute approximate surface area is 155 Å². The Morgan fingerprint density at radius 1 is 1.11 bits per heavy atom. The van der Waals surface area contributed by atoms with Crippen molar-refractivity contribution in [2.75, 3.05) is 19.6 Å². The van der Waals surface area contributed by atoms with Crippen LogP contribution in [0, 0.1) is 5.92 Å². The number of nitrogens with zero attached hydrogens (tertiary/aromatic N) is 1. The van der Waals surface area contributed by atoms with Gasteiger partial charge in [-0.15, -0.1) is 0 Å². The number of rotatable bonds is 4. The number of amides is 2. The summed E-state index contributed by atoms with van der Waals surface area (Å²) in [5.41, 5.74) is 7.26. The summed E-state index contributed by atoms with van der Waals surface area (Å²) in [7, 11) is 0. The van der Waals surface area contributed by atoms with E-state index in [1.807, 2.05) is 35.6 Å². The summed E-state index contributed by atoms with van der Waals surface area (Å²) in [5.74, 6) is -1.12. The van der Waals surface area contributed by atoms with E-state index in [1.165, 1.54) is 0 Å². The average Bonchev–Trinajstić information content (AvgIpc) is 3.16. The molecule has 2 heterocycles. The van der Waals surface area contributed by atoms with Gasteiger partial charge in [0.05, 0.1) is 0 Å². The van der Waals surface area contributed by atoms with Crippen molar-refractivity contribution in [3.8, 4) is 0 Å². The van der Waals surface area contributed by atoms with Crippen molar-refractivity contribution in [3.05, 3.63) is 35.9 Å². The highest BCUT2D eigenvalue weighted by molar-refractivity contribution is 5.83. The molecule has 2 aliphatic heterocycles. The molecule has 9 heteroatoms. The van der Waals surface area contributed by atoms with Crippen LogP contribution >= 0.6 is 0 Å². The molecule has 2 fully saturated rings. The van der Waals surface area contributed by atoms with E-state index >= 15 is 0 Å². The maximum absolute atomic E-state index is 12.7. The second-order valence-corrected chi connectivity index (χ2v) is 6.97. The van der Waals surface area contributed by atoms with Crippen LogP contribution in [0.4, 0.5) is 13.2 Å². The second-order valence-electron chi connectivity index (χ2n) is 6.97. The topological polar surface area (TPSA) is 73.5 Å². The van der Waals surface area contributed by atoms with E-state index < -0.39 is 24.5 Å². The van der Waals surface area contributed by atoms with E-state index in [2.05, 4.69) is 10.9 Å². The van der Waals surface area contributed by atoms with Gasteiger partial charge in [0.1, 0.15) is 12.6 Å². The first kappa shape index (κ1) is 19.6. The first-order valence-electron chi connectivity index (χ1n) is 9.03. The number of halogens is 3. The molecule has 0 saturated carbocycles. The highest BCUT2D eigenvalue weighted by Crippen LogP contribution is 2.25. The maximum Gasteiger partial charge on any atom is 0.405 e. The van der Waals surface area contributed by atoms with Crippen molar-refractivity contribution >= 4 is 11.8 Å². The zero-order chi connectivity index (χ0) is 19.4. The molecule has 2 atom stereocenters. The number of alkyl halides is 3. The number of benzene rings is 1. The van der Waals surface area contributed by atoms with Crippen LogP contribution in [-0.4, -0.2) is 48.6 Å². The second kappa shape index (κ2) is 8.26. The lowest BCUT2D eigenvalue weighted by atomic mass is 9.95. The highest BCUT2D eigenvalue weighted by Gasteiger charge is 2.36. The smallest absolute Gasteiger partial charge is 0.347 e. The van der Waals surface area contributed by atoms with Gasteiger partial charge in [0.2, 0.25) is 11.8 Å². The number of hydrogen-bond donors (Lipinski definition) is 3. The number of piperidine rings is 1. The van der Waals surface area contributed by atoms with Crippen molar-refractivity contribution < 1.29 is 22.8 Å². The van der Waals surface area contributed by atoms with Crippen molar-refractivity contribution in [2.45, 2.75) is 37.5 Å². The van der Waals surface area contributed by atoms with E-state index in [0.29, 0.717) is 32.4 Å². The average molecular weight is 384 g/mol. The molecule has 2 aliphatic rings. The van der Waals surface area contributed by atoms with Gasteiger partial charge in [-0.1, -0.05) is 30.3 Å². The standard InChI is InChI=1S/C18H23F3N4O2/c19-18(20,21)11-22-16(26)13-6-8-25(9-7-13)17(27)15-10-14(23-24-15)12-4-2-1-3-5-12/h1-5,13-15,23-24H,6-11H2,(H,22,26). The summed E-state index contributed by atoms with van der Waals surface area (Å²) in [6.07, 6.45) is -3.05. The summed E-state index contributed by atoms with van der Waals surface area (Å²) in [6, 6.07) is 9.51. The normalized spacial score (nSPS) is 24.0. The summed E-state index contributed by atoms with van der Waals surface area (Å²) in [6.45, 7) is -0.572. The molecule has 27 heavy (non-hydrogen) atoms. The van der Waals surface area contributed by atoms with Gasteiger partial charge in [-0.05, 0) is 24.8 Å². The Balaban J connectivity index is 1.46. The first-order chi connectivity index (χ1) is 12.8. The van der Waals surface area contributed by atoms with Crippen LogP contribution in [0.25, 0.3) is 0 Å². The lowest BCUT2D eigenvalue weighted by Crippen LogP contribution is -2.50. The maximum atomic E-state index is 12.7. The summed E-state index contributed by atoms with van der Waals surface area (Å²) >= 11 is 0. The molecule has 3 N–H and O–H groups in total. The molecule has 2 unspecified atom stereocenters. The van der Waals surface area contributed by atoms with Crippen LogP contribution in [0.3, 0.4) is 0 Å². The SMILES string of the molecule is O=C(NCC(F)(F)F)C1CCN(C(=O)C2CC(c3ccccc3)NN2)CC1. The summed E-state index contributed by atoms with van der Waals surface area (Å²) in [5, 5.41) is 1.93. The molecule has 2 amide bonds. The van der Waals surface area contributed by atoms with E-state index in [9.17, 15) is 22.8 Å². The molecule has 0 radical (unpaired) electrons. The fourth-order valence-corrected chi connectivity index (χ4v) is 3.54.